The van der Waals surface area contributed by atoms with Gasteiger partial charge in [-0.15, -0.1) is 0 Å². The van der Waals surface area contributed by atoms with Crippen LogP contribution < -0.4 is 5.73 Å². The van der Waals surface area contributed by atoms with Crippen molar-refractivity contribution in [2.24, 2.45) is 11.7 Å². The number of nitrogens with zero attached hydrogens (tertiary/aromatic N) is 2. The van der Waals surface area contributed by atoms with Gasteiger partial charge in [-0.2, -0.15) is 0 Å². The number of halogens is 1. The largest absolute Gasteiger partial charge is 0.329 e. The molecule has 2 bridgehead atoms. The highest BCUT2D eigenvalue weighted by atomic mass is 19.1. The lowest BCUT2D eigenvalue weighted by Gasteiger charge is -2.57. The number of rotatable bonds is 4. The minimum Gasteiger partial charge on any atom is -0.329 e. The standard InChI is InChI=1S/C16H24FN3/c1-19(10-13-2-4-15(17)5-3-13)16(11-18)12-20-8-6-14(16)7-9-20/h2-5,14H,6-12,18H2,1H3. The maximum atomic E-state index is 13.0. The molecule has 1 atom stereocenters. The third-order valence-corrected chi connectivity index (χ3v) is 5.29. The van der Waals surface area contributed by atoms with Crippen molar-refractivity contribution >= 4 is 0 Å². The number of piperidine rings is 3. The van der Waals surface area contributed by atoms with Gasteiger partial charge in [0.2, 0.25) is 0 Å². The van der Waals surface area contributed by atoms with Gasteiger partial charge in [-0.3, -0.25) is 4.90 Å². The van der Waals surface area contributed by atoms with Gasteiger partial charge in [0.15, 0.2) is 0 Å². The van der Waals surface area contributed by atoms with E-state index in [1.54, 1.807) is 0 Å². The lowest BCUT2D eigenvalue weighted by molar-refractivity contribution is -0.0596. The molecule has 4 heteroatoms. The van der Waals surface area contributed by atoms with Crippen LogP contribution in [0.5, 0.6) is 0 Å². The van der Waals surface area contributed by atoms with Gasteiger partial charge in [0.25, 0.3) is 0 Å². The summed E-state index contributed by atoms with van der Waals surface area (Å²) >= 11 is 0. The van der Waals surface area contributed by atoms with Crippen molar-refractivity contribution < 1.29 is 4.39 Å². The van der Waals surface area contributed by atoms with Gasteiger partial charge in [0, 0.05) is 25.2 Å². The van der Waals surface area contributed by atoms with E-state index in [1.807, 2.05) is 12.1 Å². The van der Waals surface area contributed by atoms with E-state index >= 15 is 0 Å². The summed E-state index contributed by atoms with van der Waals surface area (Å²) in [6.45, 7) is 5.05. The molecule has 4 rings (SSSR count). The number of benzene rings is 1. The van der Waals surface area contributed by atoms with Crippen molar-refractivity contribution in [3.63, 3.8) is 0 Å². The minimum atomic E-state index is -0.173. The molecule has 0 aromatic heterocycles. The third kappa shape index (κ3) is 2.36. The predicted molar refractivity (Wildman–Crippen MR) is 78.8 cm³/mol. The van der Waals surface area contributed by atoms with Gasteiger partial charge in [-0.1, -0.05) is 12.1 Å². The van der Waals surface area contributed by atoms with Gasteiger partial charge in [-0.25, -0.2) is 4.39 Å². The molecule has 3 fully saturated rings. The van der Waals surface area contributed by atoms with Gasteiger partial charge >= 0.3 is 0 Å². The Morgan fingerprint density at radius 3 is 2.45 bits per heavy atom. The number of fused-ring (bicyclic) bond motifs is 3. The van der Waals surface area contributed by atoms with E-state index in [9.17, 15) is 4.39 Å². The maximum absolute atomic E-state index is 13.0. The van der Waals surface area contributed by atoms with Crippen molar-refractivity contribution in [2.45, 2.75) is 24.9 Å². The molecule has 0 spiro atoms. The first-order valence-electron chi connectivity index (χ1n) is 7.52. The molecule has 20 heavy (non-hydrogen) atoms. The Morgan fingerprint density at radius 1 is 1.30 bits per heavy atom. The Kier molecular flexibility index (Phi) is 3.80. The first-order chi connectivity index (χ1) is 9.64. The first kappa shape index (κ1) is 14.0. The van der Waals surface area contributed by atoms with Crippen LogP contribution in [0.25, 0.3) is 0 Å². The summed E-state index contributed by atoms with van der Waals surface area (Å²) in [5.41, 5.74) is 7.41. The van der Waals surface area contributed by atoms with Crippen LogP contribution in [0.3, 0.4) is 0 Å². The monoisotopic (exact) mass is 277 g/mol. The first-order valence-corrected chi connectivity index (χ1v) is 7.52. The molecule has 1 aromatic rings. The van der Waals surface area contributed by atoms with Crippen LogP contribution in [0.2, 0.25) is 0 Å². The van der Waals surface area contributed by atoms with Gasteiger partial charge in [0.05, 0.1) is 0 Å². The molecule has 0 aliphatic carbocycles. The minimum absolute atomic E-state index is 0.0882. The second kappa shape index (κ2) is 5.43. The Hall–Kier alpha value is -0.970. The molecule has 1 aromatic carbocycles. The number of hydrogen-bond acceptors (Lipinski definition) is 3. The molecule has 3 aliphatic heterocycles. The molecule has 110 valence electrons. The topological polar surface area (TPSA) is 32.5 Å². The van der Waals surface area contributed by atoms with Gasteiger partial charge in [0.1, 0.15) is 5.82 Å². The smallest absolute Gasteiger partial charge is 0.123 e. The van der Waals surface area contributed by atoms with E-state index in [1.165, 1.54) is 38.1 Å². The van der Waals surface area contributed by atoms with Crippen molar-refractivity contribution in [3.05, 3.63) is 35.6 Å². The molecule has 0 radical (unpaired) electrons. The average molecular weight is 277 g/mol. The van der Waals surface area contributed by atoms with Crippen molar-refractivity contribution in [2.75, 3.05) is 33.2 Å². The predicted octanol–water partition coefficient (Wildman–Crippen LogP) is 1.68. The fourth-order valence-electron chi connectivity index (χ4n) is 3.99. The Morgan fingerprint density at radius 2 is 1.95 bits per heavy atom. The van der Waals surface area contributed by atoms with E-state index in [0.29, 0.717) is 12.5 Å². The molecule has 3 aliphatic rings. The number of likely N-dealkylation sites (N-methyl/N-ethyl adjacent to an activating group) is 1. The van der Waals surface area contributed by atoms with Crippen LogP contribution in [0, 0.1) is 11.7 Å². The van der Waals surface area contributed by atoms with E-state index in [0.717, 1.165) is 18.7 Å². The summed E-state index contributed by atoms with van der Waals surface area (Å²) in [7, 11) is 2.16. The van der Waals surface area contributed by atoms with Gasteiger partial charge < -0.3 is 10.6 Å². The molecule has 0 amide bonds. The highest BCUT2D eigenvalue weighted by Crippen LogP contribution is 2.39. The number of hydrogen-bond donors (Lipinski definition) is 1. The maximum Gasteiger partial charge on any atom is 0.123 e. The third-order valence-electron chi connectivity index (χ3n) is 5.29. The quantitative estimate of drug-likeness (QED) is 0.909. The summed E-state index contributed by atoms with van der Waals surface area (Å²) < 4.78 is 13.0. The summed E-state index contributed by atoms with van der Waals surface area (Å²) in [5.74, 6) is 0.524. The van der Waals surface area contributed by atoms with Crippen LogP contribution in [-0.4, -0.2) is 48.6 Å². The molecular formula is C16H24FN3. The van der Waals surface area contributed by atoms with Crippen molar-refractivity contribution in [1.82, 2.24) is 9.80 Å². The Bertz CT molecular complexity index is 453. The molecule has 1 unspecified atom stereocenters. The van der Waals surface area contributed by atoms with Crippen LogP contribution in [0.15, 0.2) is 24.3 Å². The fourth-order valence-corrected chi connectivity index (χ4v) is 3.99. The molecule has 2 N–H and O–H groups in total. The SMILES string of the molecule is CN(Cc1ccc(F)cc1)C1(CN)CN2CCC1CC2. The van der Waals surface area contributed by atoms with E-state index in [2.05, 4.69) is 16.8 Å². The van der Waals surface area contributed by atoms with E-state index in [4.69, 9.17) is 5.73 Å². The molecule has 3 saturated heterocycles. The van der Waals surface area contributed by atoms with Crippen LogP contribution in [0.4, 0.5) is 4.39 Å². The summed E-state index contributed by atoms with van der Waals surface area (Å²) in [4.78, 5) is 4.93. The lowest BCUT2D eigenvalue weighted by atomic mass is 9.71. The Labute approximate surface area is 120 Å². The number of nitrogens with two attached hydrogens (primary N) is 1. The second-order valence-corrected chi connectivity index (χ2v) is 6.34. The second-order valence-electron chi connectivity index (χ2n) is 6.34. The van der Waals surface area contributed by atoms with Crippen LogP contribution in [-0.2, 0) is 6.54 Å². The molecule has 3 heterocycles. The van der Waals surface area contributed by atoms with Crippen molar-refractivity contribution in [3.8, 4) is 0 Å². The van der Waals surface area contributed by atoms with E-state index < -0.39 is 0 Å². The van der Waals surface area contributed by atoms with E-state index in [-0.39, 0.29) is 11.4 Å². The lowest BCUT2D eigenvalue weighted by Crippen LogP contribution is -2.69. The average Bonchev–Trinajstić information content (AvgIpc) is 2.50. The van der Waals surface area contributed by atoms with Gasteiger partial charge in [-0.05, 0) is 56.6 Å². The molecular weight excluding hydrogens is 253 g/mol. The normalized spacial score (nSPS) is 32.8. The van der Waals surface area contributed by atoms with Crippen molar-refractivity contribution in [1.29, 1.82) is 0 Å². The van der Waals surface area contributed by atoms with Crippen LogP contribution in [0.1, 0.15) is 18.4 Å². The summed E-state index contributed by atoms with van der Waals surface area (Å²) in [6, 6.07) is 6.82. The zero-order chi connectivity index (χ0) is 14.2. The fraction of sp³-hybridized carbons (Fsp3) is 0.625. The zero-order valence-electron chi connectivity index (χ0n) is 12.2. The van der Waals surface area contributed by atoms with Crippen LogP contribution >= 0.6 is 0 Å². The summed E-state index contributed by atoms with van der Waals surface area (Å²) in [5, 5.41) is 0. The summed E-state index contributed by atoms with van der Waals surface area (Å²) in [6.07, 6.45) is 2.51. The molecule has 3 nitrogen and oxygen atoms in total. The zero-order valence-corrected chi connectivity index (χ0v) is 12.2. The highest BCUT2D eigenvalue weighted by molar-refractivity contribution is 5.17. The Balaban J connectivity index is 1.77. The highest BCUT2D eigenvalue weighted by Gasteiger charge is 2.48. The molecule has 0 saturated carbocycles.